The van der Waals surface area contributed by atoms with Gasteiger partial charge in [0, 0.05) is 26.2 Å². The van der Waals surface area contributed by atoms with E-state index in [-0.39, 0.29) is 11.7 Å². The summed E-state index contributed by atoms with van der Waals surface area (Å²) < 4.78 is 0. The fourth-order valence-corrected chi connectivity index (χ4v) is 0.782. The number of rotatable bonds is 7. The summed E-state index contributed by atoms with van der Waals surface area (Å²) in [7, 11) is 1.90. The minimum atomic E-state index is -0.0691. The Labute approximate surface area is 78.9 Å². The van der Waals surface area contributed by atoms with Crippen molar-refractivity contribution in [2.75, 3.05) is 39.0 Å². The van der Waals surface area contributed by atoms with Crippen LogP contribution in [0, 0.1) is 0 Å². The summed E-state index contributed by atoms with van der Waals surface area (Å²) in [6.07, 6.45) is 0. The molecule has 0 aromatic rings. The predicted octanol–water partition coefficient (Wildman–Crippen LogP) is -1.54. The molecule has 0 radical (unpaired) electrons. The Kier molecular flexibility index (Phi) is 11.8. The van der Waals surface area contributed by atoms with Gasteiger partial charge in [-0.25, -0.2) is 0 Å². The van der Waals surface area contributed by atoms with Crippen molar-refractivity contribution in [3.8, 4) is 0 Å². The number of nitrogens with one attached hydrogen (secondary N) is 3. The normalized spacial score (nSPS) is 9.08. The van der Waals surface area contributed by atoms with Crippen LogP contribution in [0.4, 0.5) is 0 Å². The van der Waals surface area contributed by atoms with Gasteiger partial charge in [-0.15, -0.1) is 0 Å². The summed E-state index contributed by atoms with van der Waals surface area (Å²) in [5.74, 6) is 0.0803. The van der Waals surface area contributed by atoms with E-state index in [1.165, 1.54) is 0 Å². The van der Waals surface area contributed by atoms with Crippen molar-refractivity contribution >= 4 is 18.5 Å². The van der Waals surface area contributed by atoms with Gasteiger partial charge in [0.1, 0.15) is 0 Å². The summed E-state index contributed by atoms with van der Waals surface area (Å²) in [4.78, 5) is 10.6. The summed E-state index contributed by atoms with van der Waals surface area (Å²) in [5, 5.41) is 8.85. The zero-order valence-corrected chi connectivity index (χ0v) is 15.3. The fraction of sp³-hybridized carbons (Fsp3) is 0.857. The molecule has 0 spiro atoms. The Hall–Kier alpha value is -1.26. The van der Waals surface area contributed by atoms with Crippen molar-refractivity contribution < 1.29 is 4.79 Å². The molecule has 0 fully saturated rings. The molecule has 1 amide bonds. The Morgan fingerprint density at radius 1 is 1.23 bits per heavy atom. The summed E-state index contributed by atoms with van der Waals surface area (Å²) in [5.41, 5.74) is 0. The molecule has 0 aliphatic heterocycles. The Morgan fingerprint density at radius 3 is 2.38 bits per heavy atom. The average Bonchev–Trinajstić information content (AvgIpc) is 2.10. The van der Waals surface area contributed by atoms with Gasteiger partial charge in [-0.05, 0) is 7.05 Å². The summed E-state index contributed by atoms with van der Waals surface area (Å²) in [6.45, 7) is 3.30. The quantitative estimate of drug-likeness (QED) is 0.321. The van der Waals surface area contributed by atoms with E-state index in [4.69, 9.17) is 0 Å². The van der Waals surface area contributed by atoms with Crippen molar-refractivity contribution in [3.05, 3.63) is 0 Å². The molecule has 13 heavy (non-hydrogen) atoms. The van der Waals surface area contributed by atoms with Crippen molar-refractivity contribution in [1.29, 1.82) is 0 Å². The Morgan fingerprint density at radius 2 is 1.85 bits per heavy atom. The van der Waals surface area contributed by atoms with E-state index in [2.05, 4.69) is 28.6 Å². The molecule has 0 aromatic carbocycles. The third kappa shape index (κ3) is 10.7. The molecule has 74 valence electrons. The van der Waals surface area contributed by atoms with Crippen LogP contribution in [0.1, 0.15) is 0 Å². The molecule has 4 nitrogen and oxygen atoms in total. The maximum atomic E-state index is 10.6. The number of likely N-dealkylation sites (N-methyl/N-ethyl adjacent to an activating group) is 1. The maximum Gasteiger partial charge on any atom is 0.196 e. The van der Waals surface area contributed by atoms with Crippen LogP contribution in [0.15, 0.2) is 0 Å². The molecule has 3 N–H and O–H groups in total. The van der Waals surface area contributed by atoms with Crippen LogP contribution in [0.25, 0.3) is 0 Å². The van der Waals surface area contributed by atoms with Gasteiger partial charge in [-0.2, -0.15) is 0 Å². The van der Waals surface area contributed by atoms with Crippen LogP contribution in [-0.4, -0.2) is 44.9 Å². The predicted molar refractivity (Wildman–Crippen MR) is 52.0 cm³/mol. The van der Waals surface area contributed by atoms with Gasteiger partial charge in [0.05, 0.1) is 0 Å². The Balaban J connectivity index is 0. The first kappa shape index (κ1) is 14.3. The van der Waals surface area contributed by atoms with Crippen molar-refractivity contribution in [3.63, 3.8) is 0 Å². The Bertz CT molecular complexity index is 126. The van der Waals surface area contributed by atoms with Crippen molar-refractivity contribution in [1.82, 2.24) is 16.0 Å². The van der Waals surface area contributed by atoms with E-state index in [1.807, 2.05) is 7.05 Å². The number of hydrogen-bond acceptors (Lipinski definition) is 4. The van der Waals surface area contributed by atoms with Crippen LogP contribution in [0.3, 0.4) is 0 Å². The van der Waals surface area contributed by atoms with Gasteiger partial charge >= 0.3 is 0 Å². The van der Waals surface area contributed by atoms with E-state index >= 15 is 0 Å². The van der Waals surface area contributed by atoms with Crippen LogP contribution in [-0.2, 0) is 17.4 Å². The smallest absolute Gasteiger partial charge is 0.196 e. The van der Waals surface area contributed by atoms with E-state index < -0.39 is 0 Å². The third-order valence-electron chi connectivity index (χ3n) is 1.31. The summed E-state index contributed by atoms with van der Waals surface area (Å²) >= 11 is 4.55. The first-order valence-corrected chi connectivity index (χ1v) is 4.59. The zero-order chi connectivity index (χ0) is 9.23. The molecule has 0 rings (SSSR count). The molecule has 0 atom stereocenters. The molecule has 0 bridgehead atoms. The van der Waals surface area contributed by atoms with Crippen LogP contribution in [0.2, 0.25) is 0 Å². The van der Waals surface area contributed by atoms with Gasteiger partial charge in [0.2, 0.25) is 0 Å². The van der Waals surface area contributed by atoms with Gasteiger partial charge in [-0.3, -0.25) is 4.79 Å². The van der Waals surface area contributed by atoms with E-state index in [0.29, 0.717) is 6.54 Å². The molecular formula is C7H16N3ORfS-. The number of carbonyl (C=O) groups excluding carboxylic acids is 1. The second-order valence-corrected chi connectivity index (χ2v) is 2.64. The SMILES string of the molecule is CNCCNCCNC(=O)C[S-].[Rf]. The number of hydrogen-bond donors (Lipinski definition) is 3. The van der Waals surface area contributed by atoms with Crippen LogP contribution < -0.4 is 16.0 Å². The van der Waals surface area contributed by atoms with Gasteiger partial charge in [-0.1, -0.05) is 5.75 Å². The second kappa shape index (κ2) is 10.7. The van der Waals surface area contributed by atoms with Gasteiger partial charge < -0.3 is 28.6 Å². The summed E-state index contributed by atoms with van der Waals surface area (Å²) in [6, 6.07) is 0. The fourth-order valence-electron chi connectivity index (χ4n) is 0.680. The molecule has 0 saturated heterocycles. The molecule has 0 unspecified atom stereocenters. The van der Waals surface area contributed by atoms with E-state index in [9.17, 15) is 4.79 Å². The molecule has 0 aliphatic rings. The minimum absolute atomic E-state index is 0. The molecule has 6 heteroatoms. The third-order valence-corrected chi connectivity index (χ3v) is 1.57. The number of carbonyl (C=O) groups is 1. The topological polar surface area (TPSA) is 53.2 Å². The minimum Gasteiger partial charge on any atom is -0.783 e. The molecule has 0 aliphatic carbocycles. The first-order chi connectivity index (χ1) is 5.81. The van der Waals surface area contributed by atoms with E-state index in [0.717, 1.165) is 19.6 Å². The monoisotopic (exact) mass is 457 g/mol. The van der Waals surface area contributed by atoms with E-state index in [1.54, 1.807) is 0 Å². The largest absolute Gasteiger partial charge is 0.783 e. The molecule has 0 aromatic heterocycles. The first-order valence-electron chi connectivity index (χ1n) is 4.01. The molecule has 0 heterocycles. The maximum absolute atomic E-state index is 10.6. The van der Waals surface area contributed by atoms with Crippen molar-refractivity contribution in [2.45, 2.75) is 0 Å². The van der Waals surface area contributed by atoms with Crippen molar-refractivity contribution in [2.24, 2.45) is 0 Å². The molecule has 0 saturated carbocycles. The van der Waals surface area contributed by atoms with Crippen LogP contribution >= 0.6 is 0 Å². The van der Waals surface area contributed by atoms with Crippen LogP contribution in [0.5, 0.6) is 0 Å². The second-order valence-electron chi connectivity index (χ2n) is 2.35. The number of amides is 1. The molecular weight excluding hydrogens is 441 g/mol. The average molecular weight is 457 g/mol. The van der Waals surface area contributed by atoms with Gasteiger partial charge in [0.25, 0.3) is 0 Å². The van der Waals surface area contributed by atoms with Gasteiger partial charge in [0.15, 0.2) is 5.91 Å². The zero-order valence-electron chi connectivity index (χ0n) is 8.06. The standard InChI is InChI=1S/C7H17N3OS.Rf/c1-8-2-3-9-4-5-10-7(11)6-12;/h8-9,12H,2-6H2,1H3,(H,10,11);/p-1.